The fraction of sp³-hybridized carbons (Fsp3) is 0.0467. The maximum Gasteiger partial charge on any atom is 0.249 e. The van der Waals surface area contributed by atoms with Gasteiger partial charge in [0, 0.05) is 81.4 Å². The first-order valence-electron chi connectivity index (χ1n) is 39.5. The van der Waals surface area contributed by atoms with Gasteiger partial charge in [-0.15, -0.1) is 0 Å². The van der Waals surface area contributed by atoms with Crippen molar-refractivity contribution in [1.29, 1.82) is 0 Å². The number of benzene rings is 17. The van der Waals surface area contributed by atoms with E-state index in [2.05, 4.69) is 415 Å². The molecule has 113 heavy (non-hydrogen) atoms. The summed E-state index contributed by atoms with van der Waals surface area (Å²) >= 11 is 1.99. The maximum absolute atomic E-state index is 2.76. The molecule has 20 aromatic rings. The zero-order chi connectivity index (χ0) is 74.5. The summed E-state index contributed by atoms with van der Waals surface area (Å²) in [6.45, 7) is 6.87. The van der Waals surface area contributed by atoms with Crippen LogP contribution in [0.1, 0.15) is 48.6 Å². The Morgan fingerprint density at radius 2 is 0.735 bits per heavy atom. The van der Waals surface area contributed by atoms with Crippen LogP contribution in [0.4, 0.5) is 17.1 Å². The number of aromatic nitrogens is 3. The summed E-state index contributed by atoms with van der Waals surface area (Å²) in [6, 6.07) is 144. The molecule has 6 heteroatoms. The molecule has 4 aliphatic rings. The fourth-order valence-corrected chi connectivity index (χ4v) is 21.9. The van der Waals surface area contributed by atoms with Crippen molar-refractivity contribution in [3.8, 4) is 83.8 Å². The minimum Gasteiger partial charge on any atom is -0.310 e. The topological polar surface area (TPSA) is 18.0 Å². The molecule has 0 amide bonds. The summed E-state index contributed by atoms with van der Waals surface area (Å²) in [5.41, 5.74) is 37.7. The SMILES string of the molecule is CC(C)(C)c1cc(-c2ccccc2)c(N2c3cc(-n4c5ccccc5c5ccc(-c6ccccc6)cc54)ccc3B3c4ccc5c(c4Sc4cc(-c6c(-n7c8ccccc8c8ccccc87)cccc6-n6c7ccccc7c7ccccc76)cc2c43)-c2ccccc2C52c3ccccc3-c3ccccc32)c(-c2ccccc2)c1. The average molecular weight is 1460 g/mol. The molecule has 17 aromatic carbocycles. The van der Waals surface area contributed by atoms with Crippen molar-refractivity contribution in [3.05, 3.63) is 404 Å². The highest BCUT2D eigenvalue weighted by Crippen LogP contribution is 2.65. The Balaban J connectivity index is 0.882. The first kappa shape index (κ1) is 64.2. The van der Waals surface area contributed by atoms with Crippen LogP contribution in [0.15, 0.2) is 386 Å². The molecule has 0 unspecified atom stereocenters. The van der Waals surface area contributed by atoms with Gasteiger partial charge < -0.3 is 18.6 Å². The average Bonchev–Trinajstić information content (AvgIpc) is 1.51. The zero-order valence-corrected chi connectivity index (χ0v) is 63.4. The Bertz CT molecular complexity index is 7110. The molecule has 0 radical (unpaired) electrons. The highest BCUT2D eigenvalue weighted by atomic mass is 32.2. The zero-order valence-electron chi connectivity index (χ0n) is 62.6. The van der Waals surface area contributed by atoms with E-state index >= 15 is 0 Å². The Hall–Kier alpha value is -13.6. The molecular weight excluding hydrogens is 1380 g/mol. The van der Waals surface area contributed by atoms with Crippen LogP contribution in [0.5, 0.6) is 0 Å². The summed E-state index contributed by atoms with van der Waals surface area (Å²) in [4.78, 5) is 5.29. The molecule has 0 N–H and O–H groups in total. The van der Waals surface area contributed by atoms with Crippen molar-refractivity contribution < 1.29 is 0 Å². The largest absolute Gasteiger partial charge is 0.310 e. The molecular formula is C107H71BN4S. The van der Waals surface area contributed by atoms with Crippen LogP contribution < -0.4 is 21.3 Å². The lowest BCUT2D eigenvalue weighted by atomic mass is 9.34. The fourth-order valence-electron chi connectivity index (χ4n) is 20.5. The van der Waals surface area contributed by atoms with E-state index < -0.39 is 5.41 Å². The lowest BCUT2D eigenvalue weighted by molar-refractivity contribution is 0.591. The van der Waals surface area contributed by atoms with Crippen LogP contribution in [0.3, 0.4) is 0 Å². The van der Waals surface area contributed by atoms with Gasteiger partial charge in [-0.2, -0.15) is 0 Å². The van der Waals surface area contributed by atoms with Crippen LogP contribution in [0.25, 0.3) is 149 Å². The van der Waals surface area contributed by atoms with E-state index in [9.17, 15) is 0 Å². The highest BCUT2D eigenvalue weighted by Gasteiger charge is 2.54. The third kappa shape index (κ3) is 9.07. The molecule has 0 saturated carbocycles. The lowest BCUT2D eigenvalue weighted by Crippen LogP contribution is -2.60. The van der Waals surface area contributed by atoms with Crippen molar-refractivity contribution in [1.82, 2.24) is 13.7 Å². The van der Waals surface area contributed by atoms with Gasteiger partial charge in [-0.05, 0) is 174 Å². The Labute approximate surface area is 660 Å². The third-order valence-corrected chi connectivity index (χ3v) is 26.4. The van der Waals surface area contributed by atoms with Crippen molar-refractivity contribution in [2.75, 3.05) is 4.90 Å². The number of rotatable bonds is 8. The predicted molar refractivity (Wildman–Crippen MR) is 476 cm³/mol. The monoisotopic (exact) mass is 1450 g/mol. The molecule has 5 heterocycles. The van der Waals surface area contributed by atoms with Gasteiger partial charge in [0.1, 0.15) is 0 Å². The molecule has 24 rings (SSSR count). The van der Waals surface area contributed by atoms with E-state index in [0.29, 0.717) is 0 Å². The smallest absolute Gasteiger partial charge is 0.249 e. The van der Waals surface area contributed by atoms with Crippen molar-refractivity contribution in [3.63, 3.8) is 0 Å². The molecule has 0 saturated heterocycles. The molecule has 2 aliphatic carbocycles. The summed E-state index contributed by atoms with van der Waals surface area (Å²) in [7, 11) is 0. The molecule has 2 aliphatic heterocycles. The Kier molecular flexibility index (Phi) is 13.7. The highest BCUT2D eigenvalue weighted by molar-refractivity contribution is 8.00. The van der Waals surface area contributed by atoms with Crippen LogP contribution in [-0.4, -0.2) is 20.4 Å². The molecule has 528 valence electrons. The second-order valence-corrected chi connectivity index (χ2v) is 33.1. The minimum atomic E-state index is -0.555. The van der Waals surface area contributed by atoms with Crippen molar-refractivity contribution in [2.24, 2.45) is 0 Å². The third-order valence-electron chi connectivity index (χ3n) is 25.2. The predicted octanol–water partition coefficient (Wildman–Crippen LogP) is 26.1. The van der Waals surface area contributed by atoms with Gasteiger partial charge >= 0.3 is 0 Å². The van der Waals surface area contributed by atoms with Crippen LogP contribution >= 0.6 is 11.8 Å². The Morgan fingerprint density at radius 1 is 0.283 bits per heavy atom. The first-order valence-corrected chi connectivity index (χ1v) is 40.3. The molecule has 0 bridgehead atoms. The van der Waals surface area contributed by atoms with Crippen LogP contribution in [-0.2, 0) is 10.8 Å². The number of nitrogens with zero attached hydrogens (tertiary/aromatic N) is 4. The van der Waals surface area contributed by atoms with Gasteiger partial charge in [0.15, 0.2) is 0 Å². The van der Waals surface area contributed by atoms with Gasteiger partial charge in [-0.25, -0.2) is 0 Å². The second kappa shape index (κ2) is 24.2. The second-order valence-electron chi connectivity index (χ2n) is 32.1. The van der Waals surface area contributed by atoms with Gasteiger partial charge in [-0.3, -0.25) is 0 Å². The normalized spacial score (nSPS) is 13.4. The Morgan fingerprint density at radius 3 is 1.27 bits per heavy atom. The number of hydrogen-bond donors (Lipinski definition) is 0. The molecule has 4 nitrogen and oxygen atoms in total. The van der Waals surface area contributed by atoms with Crippen LogP contribution in [0, 0.1) is 0 Å². The van der Waals surface area contributed by atoms with Gasteiger partial charge in [-0.1, -0.05) is 329 Å². The van der Waals surface area contributed by atoms with Crippen molar-refractivity contribution >= 4 is 117 Å². The van der Waals surface area contributed by atoms with E-state index in [1.165, 1.54) is 120 Å². The van der Waals surface area contributed by atoms with Gasteiger partial charge in [0.05, 0.1) is 55.6 Å². The van der Waals surface area contributed by atoms with Gasteiger partial charge in [0.2, 0.25) is 6.71 Å². The van der Waals surface area contributed by atoms with E-state index in [1.54, 1.807) is 0 Å². The van der Waals surface area contributed by atoms with E-state index in [4.69, 9.17) is 0 Å². The molecule has 3 aromatic heterocycles. The number of anilines is 3. The van der Waals surface area contributed by atoms with E-state index in [1.807, 2.05) is 11.8 Å². The maximum atomic E-state index is 2.76. The number of hydrogen-bond acceptors (Lipinski definition) is 2. The standard InChI is InChI=1S/C107H71BN4S/c1-106(2,3)71-63-82(67-32-9-5-10-33-67)104(83(64-71)68-34-11-6-12-35-68)112-98-65-72(109-90-47-24-16-42-79(90)80-56-54-69(60-97(80)109)66-30-7-4-8-31-66)55-58-88(98)108-89-59-57-87-102(81-43-15-23-46-86(81)107(87)84-44-21-13-36-73(84)74-37-14-22-45-85(74)107)105(89)113-100-62-70(61-99(112)103(100)108)101-95(110-91-48-25-17-38-75(91)76-39-18-26-49-92(76)110)52-29-53-96(101)111-93-50-27-19-40-77(93)78-41-20-28-51-94(78)111/h4-65H,1-3H3. The molecule has 0 atom stereocenters. The minimum absolute atomic E-state index is 0.224. The number of para-hydroxylation sites is 5. The van der Waals surface area contributed by atoms with Crippen molar-refractivity contribution in [2.45, 2.75) is 41.4 Å². The summed E-state index contributed by atoms with van der Waals surface area (Å²) in [5, 5.41) is 7.28. The quantitative estimate of drug-likeness (QED) is 0.141. The van der Waals surface area contributed by atoms with Crippen LogP contribution in [0.2, 0.25) is 0 Å². The first-order chi connectivity index (χ1) is 55.7. The number of fused-ring (bicyclic) bond motifs is 24. The lowest BCUT2D eigenvalue weighted by Gasteiger charge is -2.43. The van der Waals surface area contributed by atoms with E-state index in [0.717, 1.165) is 101 Å². The molecule has 1 spiro atoms. The molecule has 0 fully saturated rings. The van der Waals surface area contributed by atoms with E-state index in [-0.39, 0.29) is 12.1 Å². The summed E-state index contributed by atoms with van der Waals surface area (Å²) in [6.07, 6.45) is 0. The summed E-state index contributed by atoms with van der Waals surface area (Å²) < 4.78 is 7.68. The van der Waals surface area contributed by atoms with Gasteiger partial charge in [0.25, 0.3) is 0 Å². The summed E-state index contributed by atoms with van der Waals surface area (Å²) in [5.74, 6) is 0.